The third kappa shape index (κ3) is 3.89. The molecule has 0 saturated carbocycles. The number of esters is 1. The molecule has 0 aliphatic rings. The fourth-order valence-corrected chi connectivity index (χ4v) is 1.21. The maximum Gasteiger partial charge on any atom is 0.338 e. The molecule has 3 N–H and O–H groups in total. The number of primary amides is 1. The Morgan fingerprint density at radius 2 is 2.00 bits per heavy atom. The summed E-state index contributed by atoms with van der Waals surface area (Å²) in [6.07, 6.45) is -0.998. The zero-order chi connectivity index (χ0) is 13.7. The summed E-state index contributed by atoms with van der Waals surface area (Å²) in [4.78, 5) is 33.3. The second kappa shape index (κ2) is 5.81. The first-order valence-corrected chi connectivity index (χ1v) is 5.28. The molecule has 0 aliphatic heterocycles. The van der Waals surface area contributed by atoms with Crippen molar-refractivity contribution in [1.82, 2.24) is 0 Å². The average molecular weight is 250 g/mol. The summed E-state index contributed by atoms with van der Waals surface area (Å²) < 4.78 is 4.83. The van der Waals surface area contributed by atoms with Gasteiger partial charge in [-0.15, -0.1) is 0 Å². The van der Waals surface area contributed by atoms with E-state index in [-0.39, 0.29) is 11.5 Å². The third-order valence-corrected chi connectivity index (χ3v) is 2.10. The lowest BCUT2D eigenvalue weighted by Crippen LogP contribution is -2.30. The Morgan fingerprint density at radius 1 is 1.33 bits per heavy atom. The molecule has 96 valence electrons. The predicted molar refractivity (Wildman–Crippen MR) is 64.8 cm³/mol. The van der Waals surface area contributed by atoms with Crippen LogP contribution in [0.5, 0.6) is 0 Å². The highest BCUT2D eigenvalue weighted by molar-refractivity contribution is 5.94. The van der Waals surface area contributed by atoms with Gasteiger partial charge in [0.25, 0.3) is 5.91 Å². The maximum absolute atomic E-state index is 11.7. The molecule has 0 fully saturated rings. The van der Waals surface area contributed by atoms with Gasteiger partial charge in [-0.1, -0.05) is 6.07 Å². The second-order valence-corrected chi connectivity index (χ2v) is 3.71. The number of hydrogen-bond donors (Lipinski definition) is 2. The normalized spacial score (nSPS) is 11.4. The highest BCUT2D eigenvalue weighted by Gasteiger charge is 2.16. The summed E-state index contributed by atoms with van der Waals surface area (Å²) >= 11 is 0. The molecule has 2 amide bonds. The van der Waals surface area contributed by atoms with E-state index in [1.165, 1.54) is 26.0 Å². The minimum absolute atomic E-state index is 0.231. The van der Waals surface area contributed by atoms with Gasteiger partial charge in [0.05, 0.1) is 5.56 Å². The number of benzene rings is 1. The van der Waals surface area contributed by atoms with E-state index in [9.17, 15) is 14.4 Å². The molecule has 0 saturated heterocycles. The molecule has 1 aromatic carbocycles. The minimum Gasteiger partial charge on any atom is -0.449 e. The van der Waals surface area contributed by atoms with Crippen molar-refractivity contribution >= 4 is 23.5 Å². The predicted octanol–water partition coefficient (Wildman–Crippen LogP) is 0.676. The Balaban J connectivity index is 2.80. The molecular weight excluding hydrogens is 236 g/mol. The lowest BCUT2D eigenvalue weighted by Gasteiger charge is -2.10. The van der Waals surface area contributed by atoms with Crippen LogP contribution in [0.2, 0.25) is 0 Å². The number of carbonyl (C=O) groups excluding carboxylic acids is 3. The third-order valence-electron chi connectivity index (χ3n) is 2.10. The van der Waals surface area contributed by atoms with Crippen LogP contribution in [0, 0.1) is 0 Å². The van der Waals surface area contributed by atoms with Crippen molar-refractivity contribution in [2.75, 3.05) is 5.32 Å². The van der Waals surface area contributed by atoms with Crippen LogP contribution in [0.1, 0.15) is 24.2 Å². The van der Waals surface area contributed by atoms with Crippen LogP contribution in [0.3, 0.4) is 0 Å². The van der Waals surface area contributed by atoms with Crippen LogP contribution in [0.15, 0.2) is 24.3 Å². The van der Waals surface area contributed by atoms with Crippen LogP contribution in [-0.2, 0) is 14.3 Å². The maximum atomic E-state index is 11.7. The minimum atomic E-state index is -0.998. The molecule has 18 heavy (non-hydrogen) atoms. The number of rotatable bonds is 4. The van der Waals surface area contributed by atoms with Gasteiger partial charge in [-0.05, 0) is 25.1 Å². The molecule has 0 radical (unpaired) electrons. The molecule has 1 aromatic rings. The standard InChI is InChI=1S/C12H14N2O4/c1-7(11(13)16)18-12(17)9-4-3-5-10(6-9)14-8(2)15/h3-7H,1-2H3,(H2,13,16)(H,14,15). The van der Waals surface area contributed by atoms with Crippen molar-refractivity contribution in [2.45, 2.75) is 20.0 Å². The smallest absolute Gasteiger partial charge is 0.338 e. The van der Waals surface area contributed by atoms with Crippen LogP contribution in [0.25, 0.3) is 0 Å². The molecule has 1 rings (SSSR count). The quantitative estimate of drug-likeness (QED) is 0.767. The van der Waals surface area contributed by atoms with E-state index in [1.807, 2.05) is 0 Å². The number of amides is 2. The zero-order valence-corrected chi connectivity index (χ0v) is 10.1. The van der Waals surface area contributed by atoms with E-state index in [0.717, 1.165) is 0 Å². The molecule has 0 aliphatic carbocycles. The van der Waals surface area contributed by atoms with Crippen molar-refractivity contribution in [3.05, 3.63) is 29.8 Å². The molecule has 0 bridgehead atoms. The number of nitrogens with one attached hydrogen (secondary N) is 1. The van der Waals surface area contributed by atoms with Crippen molar-refractivity contribution in [3.8, 4) is 0 Å². The van der Waals surface area contributed by atoms with Gasteiger partial charge >= 0.3 is 5.97 Å². The van der Waals surface area contributed by atoms with Crippen molar-refractivity contribution in [1.29, 1.82) is 0 Å². The summed E-state index contributed by atoms with van der Waals surface area (Å²) in [5.74, 6) is -1.64. The highest BCUT2D eigenvalue weighted by Crippen LogP contribution is 2.12. The Hall–Kier alpha value is -2.37. The Morgan fingerprint density at radius 3 is 2.56 bits per heavy atom. The van der Waals surface area contributed by atoms with Crippen LogP contribution >= 0.6 is 0 Å². The van der Waals surface area contributed by atoms with E-state index < -0.39 is 18.0 Å². The lowest BCUT2D eigenvalue weighted by molar-refractivity contribution is -0.125. The lowest BCUT2D eigenvalue weighted by atomic mass is 10.2. The summed E-state index contributed by atoms with van der Waals surface area (Å²) in [6, 6.07) is 6.20. The van der Waals surface area contributed by atoms with Crippen LogP contribution in [-0.4, -0.2) is 23.9 Å². The molecule has 0 heterocycles. The van der Waals surface area contributed by atoms with Gasteiger partial charge in [0.15, 0.2) is 6.10 Å². The summed E-state index contributed by atoms with van der Waals surface area (Å²) in [7, 11) is 0. The molecule has 1 atom stereocenters. The number of anilines is 1. The Bertz CT molecular complexity index is 485. The molecular formula is C12H14N2O4. The average Bonchev–Trinajstić information content (AvgIpc) is 2.28. The largest absolute Gasteiger partial charge is 0.449 e. The summed E-state index contributed by atoms with van der Waals surface area (Å²) in [5, 5.41) is 2.54. The van der Waals surface area contributed by atoms with Gasteiger partial charge in [-0.3, -0.25) is 9.59 Å². The summed E-state index contributed by atoms with van der Waals surface area (Å²) in [6.45, 7) is 2.75. The topological polar surface area (TPSA) is 98.5 Å². The number of nitrogens with two attached hydrogens (primary N) is 1. The van der Waals surface area contributed by atoms with E-state index in [2.05, 4.69) is 5.32 Å². The van der Waals surface area contributed by atoms with Gasteiger partial charge < -0.3 is 15.8 Å². The van der Waals surface area contributed by atoms with Crippen LogP contribution in [0.4, 0.5) is 5.69 Å². The van der Waals surface area contributed by atoms with Gasteiger partial charge in [0.2, 0.25) is 5.91 Å². The Labute approximate surface area is 104 Å². The highest BCUT2D eigenvalue weighted by atomic mass is 16.5. The number of ether oxygens (including phenoxy) is 1. The Kier molecular flexibility index (Phi) is 4.42. The SMILES string of the molecule is CC(=O)Nc1cccc(C(=O)OC(C)C(N)=O)c1. The number of carbonyl (C=O) groups is 3. The first-order valence-electron chi connectivity index (χ1n) is 5.28. The first kappa shape index (κ1) is 13.7. The van der Waals surface area contributed by atoms with Crippen LogP contribution < -0.4 is 11.1 Å². The molecule has 0 aromatic heterocycles. The fraction of sp³-hybridized carbons (Fsp3) is 0.250. The van der Waals surface area contributed by atoms with E-state index in [1.54, 1.807) is 12.1 Å². The van der Waals surface area contributed by atoms with E-state index in [4.69, 9.17) is 10.5 Å². The first-order chi connectivity index (χ1) is 8.40. The molecule has 0 spiro atoms. The number of hydrogen-bond acceptors (Lipinski definition) is 4. The van der Waals surface area contributed by atoms with Gasteiger partial charge in [-0.25, -0.2) is 4.79 Å². The van der Waals surface area contributed by atoms with Crippen molar-refractivity contribution in [2.24, 2.45) is 5.73 Å². The van der Waals surface area contributed by atoms with Gasteiger partial charge in [0, 0.05) is 12.6 Å². The van der Waals surface area contributed by atoms with Gasteiger partial charge in [-0.2, -0.15) is 0 Å². The molecule has 6 heteroatoms. The van der Waals surface area contributed by atoms with Crippen molar-refractivity contribution < 1.29 is 19.1 Å². The monoisotopic (exact) mass is 250 g/mol. The molecule has 1 unspecified atom stereocenters. The summed E-state index contributed by atoms with van der Waals surface area (Å²) in [5.41, 5.74) is 5.69. The van der Waals surface area contributed by atoms with Gasteiger partial charge in [0.1, 0.15) is 0 Å². The van der Waals surface area contributed by atoms with E-state index >= 15 is 0 Å². The fourth-order valence-electron chi connectivity index (χ4n) is 1.21. The van der Waals surface area contributed by atoms with E-state index in [0.29, 0.717) is 5.69 Å². The van der Waals surface area contributed by atoms with Crippen molar-refractivity contribution in [3.63, 3.8) is 0 Å². The second-order valence-electron chi connectivity index (χ2n) is 3.71. The molecule has 6 nitrogen and oxygen atoms in total. The zero-order valence-electron chi connectivity index (χ0n) is 10.1.